The number of thiophene rings is 1. The fraction of sp³-hybridized carbons (Fsp3) is 0.273. The van der Waals surface area contributed by atoms with E-state index in [9.17, 15) is 4.79 Å². The van der Waals surface area contributed by atoms with Crippen LogP contribution in [0.4, 0.5) is 5.82 Å². The molecule has 2 aromatic heterocycles. The molecule has 2 rings (SSSR count). The molecular formula is C11H14N4OS. The lowest BCUT2D eigenvalue weighted by Gasteiger charge is -2.04. The number of nitrogens with zero attached hydrogens (tertiary/aromatic N) is 2. The summed E-state index contributed by atoms with van der Waals surface area (Å²) in [6.07, 6.45) is 1.66. The lowest BCUT2D eigenvalue weighted by molar-refractivity contribution is 0.0951. The van der Waals surface area contributed by atoms with E-state index < -0.39 is 0 Å². The van der Waals surface area contributed by atoms with Crippen LogP contribution in [-0.2, 0) is 13.6 Å². The van der Waals surface area contributed by atoms with E-state index >= 15 is 0 Å². The molecule has 2 heterocycles. The molecule has 0 unspecified atom stereocenters. The van der Waals surface area contributed by atoms with Gasteiger partial charge in [0.25, 0.3) is 5.91 Å². The van der Waals surface area contributed by atoms with E-state index in [4.69, 9.17) is 5.73 Å². The second kappa shape index (κ2) is 4.58. The minimum absolute atomic E-state index is 0.0768. The second-order valence-corrected chi connectivity index (χ2v) is 4.57. The first-order valence-corrected chi connectivity index (χ1v) is 6.11. The van der Waals surface area contributed by atoms with Crippen molar-refractivity contribution in [2.75, 3.05) is 5.73 Å². The van der Waals surface area contributed by atoms with Crippen LogP contribution in [0, 0.1) is 6.92 Å². The van der Waals surface area contributed by atoms with Gasteiger partial charge in [-0.25, -0.2) is 0 Å². The van der Waals surface area contributed by atoms with Crippen LogP contribution in [0.3, 0.4) is 0 Å². The maximum absolute atomic E-state index is 11.8. The molecule has 0 bridgehead atoms. The maximum atomic E-state index is 11.8. The molecule has 2 aromatic rings. The molecule has 5 nitrogen and oxygen atoms in total. The van der Waals surface area contributed by atoms with Crippen LogP contribution in [-0.4, -0.2) is 15.7 Å². The highest BCUT2D eigenvalue weighted by molar-refractivity contribution is 7.08. The number of aromatic nitrogens is 2. The molecule has 1 amide bonds. The Morgan fingerprint density at radius 2 is 2.35 bits per heavy atom. The van der Waals surface area contributed by atoms with Crippen molar-refractivity contribution < 1.29 is 4.79 Å². The highest BCUT2D eigenvalue weighted by Gasteiger charge is 2.11. The lowest BCUT2D eigenvalue weighted by atomic mass is 10.2. The Labute approximate surface area is 103 Å². The third-order valence-electron chi connectivity index (χ3n) is 2.60. The van der Waals surface area contributed by atoms with Gasteiger partial charge < -0.3 is 11.1 Å². The quantitative estimate of drug-likeness (QED) is 0.862. The summed E-state index contributed by atoms with van der Waals surface area (Å²) in [6.45, 7) is 2.32. The first-order valence-electron chi connectivity index (χ1n) is 5.17. The molecular weight excluding hydrogens is 236 g/mol. The average Bonchev–Trinajstić information content (AvgIpc) is 2.85. The first kappa shape index (κ1) is 11.7. The van der Waals surface area contributed by atoms with Crippen molar-refractivity contribution >= 4 is 23.1 Å². The van der Waals surface area contributed by atoms with Crippen molar-refractivity contribution in [1.29, 1.82) is 0 Å². The van der Waals surface area contributed by atoms with Gasteiger partial charge in [-0.05, 0) is 17.9 Å². The van der Waals surface area contributed by atoms with Crippen LogP contribution in [0.25, 0.3) is 0 Å². The maximum Gasteiger partial charge on any atom is 0.252 e. The molecule has 0 aliphatic rings. The van der Waals surface area contributed by atoms with Gasteiger partial charge in [0.1, 0.15) is 5.82 Å². The summed E-state index contributed by atoms with van der Waals surface area (Å²) in [6, 6.07) is 0. The predicted octanol–water partition coefficient (Wildman–Crippen LogP) is 1.30. The Morgan fingerprint density at radius 1 is 1.59 bits per heavy atom. The molecule has 0 atom stereocenters. The monoisotopic (exact) mass is 250 g/mol. The predicted molar refractivity (Wildman–Crippen MR) is 67.8 cm³/mol. The number of nitrogen functional groups attached to an aromatic ring is 1. The van der Waals surface area contributed by atoms with Crippen molar-refractivity contribution in [1.82, 2.24) is 15.1 Å². The van der Waals surface area contributed by atoms with Crippen LogP contribution in [0.5, 0.6) is 0 Å². The fourth-order valence-corrected chi connectivity index (χ4v) is 2.32. The molecule has 0 saturated carbocycles. The van der Waals surface area contributed by atoms with Crippen LogP contribution in [0.2, 0.25) is 0 Å². The van der Waals surface area contributed by atoms with E-state index in [-0.39, 0.29) is 5.91 Å². The number of hydrogen-bond acceptors (Lipinski definition) is 4. The number of hydrogen-bond donors (Lipinski definition) is 2. The van der Waals surface area contributed by atoms with Gasteiger partial charge in [0.2, 0.25) is 0 Å². The number of aryl methyl sites for hydroxylation is 2. The molecule has 0 aromatic carbocycles. The van der Waals surface area contributed by atoms with E-state index in [2.05, 4.69) is 10.4 Å². The molecule has 0 radical (unpaired) electrons. The Hall–Kier alpha value is -1.82. The molecule has 0 saturated heterocycles. The second-order valence-electron chi connectivity index (χ2n) is 3.83. The summed E-state index contributed by atoms with van der Waals surface area (Å²) in [7, 11) is 1.77. The number of nitrogens with one attached hydrogen (secondary N) is 1. The topological polar surface area (TPSA) is 72.9 Å². The van der Waals surface area contributed by atoms with Crippen molar-refractivity contribution in [2.24, 2.45) is 7.05 Å². The normalized spacial score (nSPS) is 10.5. The Bertz CT molecular complexity index is 543. The van der Waals surface area contributed by atoms with Crippen molar-refractivity contribution in [3.63, 3.8) is 0 Å². The van der Waals surface area contributed by atoms with E-state index in [0.29, 0.717) is 12.4 Å². The SMILES string of the molecule is Cc1cscc1C(=O)NCc1cnn(C)c1N. The number of carbonyl (C=O) groups is 1. The minimum Gasteiger partial charge on any atom is -0.384 e. The van der Waals surface area contributed by atoms with Gasteiger partial charge in [-0.2, -0.15) is 16.4 Å². The summed E-state index contributed by atoms with van der Waals surface area (Å²) in [5.74, 6) is 0.499. The smallest absolute Gasteiger partial charge is 0.252 e. The zero-order valence-electron chi connectivity index (χ0n) is 9.73. The zero-order valence-corrected chi connectivity index (χ0v) is 10.5. The molecule has 0 aliphatic carbocycles. The van der Waals surface area contributed by atoms with Gasteiger partial charge in [0, 0.05) is 24.5 Å². The summed E-state index contributed by atoms with van der Waals surface area (Å²) in [5, 5.41) is 10.6. The molecule has 17 heavy (non-hydrogen) atoms. The number of anilines is 1. The molecule has 0 fully saturated rings. The number of nitrogens with two attached hydrogens (primary N) is 1. The first-order chi connectivity index (χ1) is 8.09. The number of rotatable bonds is 3. The number of carbonyl (C=O) groups excluding carboxylic acids is 1. The van der Waals surface area contributed by atoms with Crippen LogP contribution >= 0.6 is 11.3 Å². The van der Waals surface area contributed by atoms with E-state index in [1.807, 2.05) is 17.7 Å². The molecule has 6 heteroatoms. The highest BCUT2D eigenvalue weighted by Crippen LogP contribution is 2.14. The zero-order chi connectivity index (χ0) is 12.4. The van der Waals surface area contributed by atoms with Gasteiger partial charge in [-0.3, -0.25) is 9.48 Å². The highest BCUT2D eigenvalue weighted by atomic mass is 32.1. The lowest BCUT2D eigenvalue weighted by Crippen LogP contribution is -2.23. The minimum atomic E-state index is -0.0768. The van der Waals surface area contributed by atoms with Gasteiger partial charge in [-0.15, -0.1) is 0 Å². The van der Waals surface area contributed by atoms with Crippen molar-refractivity contribution in [3.05, 3.63) is 33.6 Å². The number of amides is 1. The van der Waals surface area contributed by atoms with Crippen molar-refractivity contribution in [3.8, 4) is 0 Å². The summed E-state index contributed by atoms with van der Waals surface area (Å²) >= 11 is 1.52. The van der Waals surface area contributed by atoms with Crippen LogP contribution in [0.15, 0.2) is 17.0 Å². The Balaban J connectivity index is 2.02. The van der Waals surface area contributed by atoms with E-state index in [1.165, 1.54) is 11.3 Å². The standard InChI is InChI=1S/C11H14N4OS/c1-7-5-17-6-9(7)11(16)13-3-8-4-14-15(2)10(8)12/h4-6H,3,12H2,1-2H3,(H,13,16). The summed E-state index contributed by atoms with van der Waals surface area (Å²) < 4.78 is 1.58. The molecule has 0 spiro atoms. The van der Waals surface area contributed by atoms with Gasteiger partial charge in [-0.1, -0.05) is 0 Å². The molecule has 3 N–H and O–H groups in total. The van der Waals surface area contributed by atoms with E-state index in [0.717, 1.165) is 16.7 Å². The van der Waals surface area contributed by atoms with Crippen LogP contribution in [0.1, 0.15) is 21.5 Å². The summed E-state index contributed by atoms with van der Waals surface area (Å²) in [4.78, 5) is 11.8. The summed E-state index contributed by atoms with van der Waals surface area (Å²) in [5.41, 5.74) is 8.33. The van der Waals surface area contributed by atoms with Crippen LogP contribution < -0.4 is 11.1 Å². The molecule has 90 valence electrons. The molecule has 0 aliphatic heterocycles. The third kappa shape index (κ3) is 2.31. The van der Waals surface area contributed by atoms with Gasteiger partial charge in [0.15, 0.2) is 0 Å². The third-order valence-corrected chi connectivity index (χ3v) is 3.47. The fourth-order valence-electron chi connectivity index (χ4n) is 1.49. The van der Waals surface area contributed by atoms with Gasteiger partial charge in [0.05, 0.1) is 11.8 Å². The Kier molecular flexibility index (Phi) is 3.14. The Morgan fingerprint density at radius 3 is 2.88 bits per heavy atom. The van der Waals surface area contributed by atoms with Gasteiger partial charge >= 0.3 is 0 Å². The van der Waals surface area contributed by atoms with Crippen molar-refractivity contribution in [2.45, 2.75) is 13.5 Å². The average molecular weight is 250 g/mol. The van der Waals surface area contributed by atoms with E-state index in [1.54, 1.807) is 17.9 Å². The largest absolute Gasteiger partial charge is 0.384 e.